The lowest BCUT2D eigenvalue weighted by atomic mass is 10.1. The van der Waals surface area contributed by atoms with E-state index in [0.29, 0.717) is 31.0 Å². The van der Waals surface area contributed by atoms with E-state index < -0.39 is 0 Å². The molecule has 0 unspecified atom stereocenters. The number of nitrogens with zero attached hydrogens (tertiary/aromatic N) is 1. The van der Waals surface area contributed by atoms with E-state index >= 15 is 0 Å². The number of nitrogens with one attached hydrogen (secondary N) is 1. The SMILES string of the molecule is Cc1nc2ccc(CC(=O)NCCN)cc2o1. The Morgan fingerprint density at radius 2 is 2.35 bits per heavy atom. The third-order valence-corrected chi connectivity index (χ3v) is 2.39. The largest absolute Gasteiger partial charge is 0.441 e. The highest BCUT2D eigenvalue weighted by Gasteiger charge is 2.06. The van der Waals surface area contributed by atoms with Gasteiger partial charge in [-0.3, -0.25) is 4.79 Å². The molecule has 0 aliphatic heterocycles. The van der Waals surface area contributed by atoms with Gasteiger partial charge in [0.25, 0.3) is 0 Å². The zero-order valence-corrected chi connectivity index (χ0v) is 9.69. The van der Waals surface area contributed by atoms with E-state index in [9.17, 15) is 4.79 Å². The van der Waals surface area contributed by atoms with Crippen LogP contribution in [0.5, 0.6) is 0 Å². The number of rotatable bonds is 4. The van der Waals surface area contributed by atoms with Gasteiger partial charge in [-0.15, -0.1) is 0 Å². The second-order valence-electron chi connectivity index (χ2n) is 3.85. The van der Waals surface area contributed by atoms with Crippen molar-refractivity contribution in [2.24, 2.45) is 5.73 Å². The van der Waals surface area contributed by atoms with Gasteiger partial charge in [0.15, 0.2) is 11.5 Å². The van der Waals surface area contributed by atoms with E-state index in [0.717, 1.165) is 11.1 Å². The highest BCUT2D eigenvalue weighted by atomic mass is 16.3. The van der Waals surface area contributed by atoms with Gasteiger partial charge in [0.1, 0.15) is 5.52 Å². The molecule has 0 aliphatic rings. The molecular weight excluding hydrogens is 218 g/mol. The third-order valence-electron chi connectivity index (χ3n) is 2.39. The zero-order chi connectivity index (χ0) is 12.3. The molecule has 1 aromatic carbocycles. The number of nitrogens with two attached hydrogens (primary N) is 1. The van der Waals surface area contributed by atoms with Crippen LogP contribution in [0.15, 0.2) is 22.6 Å². The summed E-state index contributed by atoms with van der Waals surface area (Å²) in [6, 6.07) is 5.58. The number of fused-ring (bicyclic) bond motifs is 1. The van der Waals surface area contributed by atoms with Gasteiger partial charge >= 0.3 is 0 Å². The number of oxazole rings is 1. The number of carbonyl (C=O) groups excluding carboxylic acids is 1. The fraction of sp³-hybridized carbons (Fsp3) is 0.333. The number of aromatic nitrogens is 1. The summed E-state index contributed by atoms with van der Waals surface area (Å²) in [6.45, 7) is 2.75. The number of hydrogen-bond donors (Lipinski definition) is 2. The lowest BCUT2D eigenvalue weighted by Crippen LogP contribution is -2.30. The standard InChI is InChI=1S/C12H15N3O2/c1-8-15-10-3-2-9(6-11(10)17-8)7-12(16)14-5-4-13/h2-3,6H,4-5,7,13H2,1H3,(H,14,16). The van der Waals surface area contributed by atoms with E-state index in [-0.39, 0.29) is 5.91 Å². The summed E-state index contributed by atoms with van der Waals surface area (Å²) < 4.78 is 5.41. The topological polar surface area (TPSA) is 81.2 Å². The maximum absolute atomic E-state index is 11.5. The Morgan fingerprint density at radius 3 is 3.12 bits per heavy atom. The molecule has 0 aliphatic carbocycles. The van der Waals surface area contributed by atoms with Crippen molar-refractivity contribution in [1.29, 1.82) is 0 Å². The number of hydrogen-bond acceptors (Lipinski definition) is 4. The first kappa shape index (κ1) is 11.6. The van der Waals surface area contributed by atoms with Gasteiger partial charge in [0.05, 0.1) is 6.42 Å². The van der Waals surface area contributed by atoms with Crippen LogP contribution in [0.2, 0.25) is 0 Å². The lowest BCUT2D eigenvalue weighted by Gasteiger charge is -2.03. The minimum atomic E-state index is -0.0361. The quantitative estimate of drug-likeness (QED) is 0.816. The van der Waals surface area contributed by atoms with Gasteiger partial charge in [0.2, 0.25) is 5.91 Å². The molecule has 3 N–H and O–H groups in total. The third kappa shape index (κ3) is 2.82. The van der Waals surface area contributed by atoms with Crippen molar-refractivity contribution < 1.29 is 9.21 Å². The van der Waals surface area contributed by atoms with Crippen LogP contribution in [0.1, 0.15) is 11.5 Å². The summed E-state index contributed by atoms with van der Waals surface area (Å²) in [5.41, 5.74) is 7.74. The zero-order valence-electron chi connectivity index (χ0n) is 9.69. The van der Waals surface area contributed by atoms with Gasteiger partial charge < -0.3 is 15.5 Å². The summed E-state index contributed by atoms with van der Waals surface area (Å²) in [5.74, 6) is 0.593. The van der Waals surface area contributed by atoms with Gasteiger partial charge in [-0.1, -0.05) is 6.07 Å². The molecule has 90 valence electrons. The number of amides is 1. The molecule has 17 heavy (non-hydrogen) atoms. The molecule has 5 nitrogen and oxygen atoms in total. The average Bonchev–Trinajstić information content (AvgIpc) is 2.65. The van der Waals surface area contributed by atoms with Crippen LogP contribution < -0.4 is 11.1 Å². The molecular formula is C12H15N3O2. The summed E-state index contributed by atoms with van der Waals surface area (Å²) in [4.78, 5) is 15.7. The fourth-order valence-electron chi connectivity index (χ4n) is 1.65. The smallest absolute Gasteiger partial charge is 0.224 e. The van der Waals surface area contributed by atoms with Crippen molar-refractivity contribution >= 4 is 17.0 Å². The molecule has 0 radical (unpaired) electrons. The predicted octanol–water partition coefficient (Wildman–Crippen LogP) is 0.754. The highest BCUT2D eigenvalue weighted by molar-refractivity contribution is 5.80. The van der Waals surface area contributed by atoms with E-state index in [4.69, 9.17) is 10.2 Å². The van der Waals surface area contributed by atoms with Gasteiger partial charge in [-0.25, -0.2) is 4.98 Å². The van der Waals surface area contributed by atoms with Gasteiger partial charge in [-0.2, -0.15) is 0 Å². The number of benzene rings is 1. The maximum atomic E-state index is 11.5. The molecule has 5 heteroatoms. The second kappa shape index (κ2) is 4.97. The van der Waals surface area contributed by atoms with Crippen LogP contribution in [-0.2, 0) is 11.2 Å². The molecule has 1 amide bonds. The number of aryl methyl sites for hydroxylation is 1. The molecule has 1 aromatic heterocycles. The van der Waals surface area contributed by atoms with E-state index in [1.807, 2.05) is 18.2 Å². The molecule has 0 spiro atoms. The summed E-state index contributed by atoms with van der Waals surface area (Å²) >= 11 is 0. The second-order valence-corrected chi connectivity index (χ2v) is 3.85. The first-order valence-corrected chi connectivity index (χ1v) is 5.52. The van der Waals surface area contributed by atoms with Crippen LogP contribution >= 0.6 is 0 Å². The Kier molecular flexibility index (Phi) is 3.39. The Labute approximate surface area is 99.0 Å². The molecule has 0 saturated heterocycles. The maximum Gasteiger partial charge on any atom is 0.224 e. The van der Waals surface area contributed by atoms with Crippen molar-refractivity contribution in [2.75, 3.05) is 13.1 Å². The van der Waals surface area contributed by atoms with Crippen molar-refractivity contribution in [2.45, 2.75) is 13.3 Å². The highest BCUT2D eigenvalue weighted by Crippen LogP contribution is 2.17. The van der Waals surface area contributed by atoms with Crippen molar-refractivity contribution in [3.8, 4) is 0 Å². The minimum Gasteiger partial charge on any atom is -0.441 e. The monoisotopic (exact) mass is 233 g/mol. The van der Waals surface area contributed by atoms with Crippen LogP contribution in [0.4, 0.5) is 0 Å². The number of carbonyl (C=O) groups is 1. The molecule has 2 aromatic rings. The van der Waals surface area contributed by atoms with Gasteiger partial charge in [-0.05, 0) is 17.7 Å². The van der Waals surface area contributed by atoms with Crippen molar-refractivity contribution in [1.82, 2.24) is 10.3 Å². The summed E-state index contributed by atoms with van der Waals surface area (Å²) in [7, 11) is 0. The van der Waals surface area contributed by atoms with Crippen molar-refractivity contribution in [3.63, 3.8) is 0 Å². The Morgan fingerprint density at radius 1 is 1.53 bits per heavy atom. The van der Waals surface area contributed by atoms with E-state index in [2.05, 4.69) is 10.3 Å². The van der Waals surface area contributed by atoms with Crippen LogP contribution in [0, 0.1) is 6.92 Å². The summed E-state index contributed by atoms with van der Waals surface area (Å²) in [6.07, 6.45) is 0.329. The summed E-state index contributed by atoms with van der Waals surface area (Å²) in [5, 5.41) is 2.72. The first-order valence-electron chi connectivity index (χ1n) is 5.52. The molecule has 0 bridgehead atoms. The molecule has 0 atom stereocenters. The first-order chi connectivity index (χ1) is 8.19. The molecule has 0 fully saturated rings. The van der Waals surface area contributed by atoms with Crippen LogP contribution in [0.25, 0.3) is 11.1 Å². The van der Waals surface area contributed by atoms with Gasteiger partial charge in [0, 0.05) is 20.0 Å². The van der Waals surface area contributed by atoms with Crippen molar-refractivity contribution in [3.05, 3.63) is 29.7 Å². The Hall–Kier alpha value is -1.88. The lowest BCUT2D eigenvalue weighted by molar-refractivity contribution is -0.120. The van der Waals surface area contributed by atoms with Crippen LogP contribution in [0.3, 0.4) is 0 Å². The Balaban J connectivity index is 2.10. The fourth-order valence-corrected chi connectivity index (χ4v) is 1.65. The normalized spacial score (nSPS) is 10.7. The minimum absolute atomic E-state index is 0.0361. The molecule has 0 saturated carbocycles. The van der Waals surface area contributed by atoms with Crippen LogP contribution in [-0.4, -0.2) is 24.0 Å². The Bertz CT molecular complexity index is 534. The average molecular weight is 233 g/mol. The molecule has 1 heterocycles. The molecule has 2 rings (SSSR count). The van der Waals surface area contributed by atoms with E-state index in [1.54, 1.807) is 6.92 Å². The predicted molar refractivity (Wildman–Crippen MR) is 64.5 cm³/mol. The van der Waals surface area contributed by atoms with E-state index in [1.165, 1.54) is 0 Å².